The van der Waals surface area contributed by atoms with Gasteiger partial charge in [-0.25, -0.2) is 0 Å². The van der Waals surface area contributed by atoms with Crippen LogP contribution in [-0.4, -0.2) is 23.2 Å². The molecule has 6 nitrogen and oxygen atoms in total. The SMILES string of the molecule is COc1ccc(CC(=O)Oc2ccc(-c3noc(C)n3)cc2)cc1. The number of benzene rings is 2. The molecule has 0 amide bonds. The number of methoxy groups -OCH3 is 1. The summed E-state index contributed by atoms with van der Waals surface area (Å²) in [7, 11) is 1.60. The van der Waals surface area contributed by atoms with Gasteiger partial charge in [0.25, 0.3) is 0 Å². The van der Waals surface area contributed by atoms with Crippen molar-refractivity contribution in [3.63, 3.8) is 0 Å². The molecule has 6 heteroatoms. The van der Waals surface area contributed by atoms with E-state index in [1.807, 2.05) is 24.3 Å². The minimum atomic E-state index is -0.330. The molecule has 0 aliphatic carbocycles. The van der Waals surface area contributed by atoms with Gasteiger partial charge in [0, 0.05) is 12.5 Å². The molecule has 122 valence electrons. The smallest absolute Gasteiger partial charge is 0.315 e. The number of hydrogen-bond donors (Lipinski definition) is 0. The predicted molar refractivity (Wildman–Crippen MR) is 86.8 cm³/mol. The van der Waals surface area contributed by atoms with Crippen molar-refractivity contribution >= 4 is 5.97 Å². The van der Waals surface area contributed by atoms with Gasteiger partial charge in [0.1, 0.15) is 11.5 Å². The van der Waals surface area contributed by atoms with Crippen LogP contribution in [0.1, 0.15) is 11.5 Å². The van der Waals surface area contributed by atoms with Gasteiger partial charge in [-0.15, -0.1) is 0 Å². The quantitative estimate of drug-likeness (QED) is 0.530. The zero-order valence-corrected chi connectivity index (χ0v) is 13.4. The molecule has 0 radical (unpaired) electrons. The Bertz CT molecular complexity index is 823. The molecule has 0 unspecified atom stereocenters. The molecule has 0 N–H and O–H groups in total. The van der Waals surface area contributed by atoms with Crippen molar-refractivity contribution in [2.75, 3.05) is 7.11 Å². The van der Waals surface area contributed by atoms with Crippen LogP contribution < -0.4 is 9.47 Å². The normalized spacial score (nSPS) is 10.4. The lowest BCUT2D eigenvalue weighted by atomic mass is 10.1. The monoisotopic (exact) mass is 324 g/mol. The molecule has 0 fully saturated rings. The average molecular weight is 324 g/mol. The number of esters is 1. The molecule has 0 atom stereocenters. The van der Waals surface area contributed by atoms with Crippen molar-refractivity contribution in [1.29, 1.82) is 0 Å². The van der Waals surface area contributed by atoms with Crippen LogP contribution in [0.5, 0.6) is 11.5 Å². The fourth-order valence-electron chi connectivity index (χ4n) is 2.17. The average Bonchev–Trinajstić information content (AvgIpc) is 3.02. The summed E-state index contributed by atoms with van der Waals surface area (Å²) in [4.78, 5) is 16.1. The first-order valence-electron chi connectivity index (χ1n) is 7.38. The molecular formula is C18H16N2O4. The van der Waals surface area contributed by atoms with Gasteiger partial charge in [0.05, 0.1) is 13.5 Å². The fraction of sp³-hybridized carbons (Fsp3) is 0.167. The maximum atomic E-state index is 12.0. The number of rotatable bonds is 5. The van der Waals surface area contributed by atoms with Crippen molar-refractivity contribution in [2.45, 2.75) is 13.3 Å². The minimum Gasteiger partial charge on any atom is -0.497 e. The Morgan fingerprint density at radius 1 is 1.04 bits per heavy atom. The Morgan fingerprint density at radius 3 is 2.29 bits per heavy atom. The van der Waals surface area contributed by atoms with Crippen LogP contribution in [0.15, 0.2) is 53.1 Å². The molecular weight excluding hydrogens is 308 g/mol. The summed E-state index contributed by atoms with van der Waals surface area (Å²) in [5, 5.41) is 3.84. The molecule has 0 spiro atoms. The van der Waals surface area contributed by atoms with Crippen molar-refractivity contribution in [3.05, 3.63) is 60.0 Å². The lowest BCUT2D eigenvalue weighted by Gasteiger charge is -2.06. The van der Waals surface area contributed by atoms with Crippen LogP contribution in [-0.2, 0) is 11.2 Å². The van der Waals surface area contributed by atoms with E-state index >= 15 is 0 Å². The number of hydrogen-bond acceptors (Lipinski definition) is 6. The first kappa shape index (κ1) is 15.7. The summed E-state index contributed by atoms with van der Waals surface area (Å²) < 4.78 is 15.4. The van der Waals surface area contributed by atoms with E-state index in [0.717, 1.165) is 16.9 Å². The van der Waals surface area contributed by atoms with E-state index in [1.165, 1.54) is 0 Å². The molecule has 1 aromatic heterocycles. The van der Waals surface area contributed by atoms with E-state index < -0.39 is 0 Å². The number of ether oxygens (including phenoxy) is 2. The van der Waals surface area contributed by atoms with Crippen LogP contribution in [0.3, 0.4) is 0 Å². The van der Waals surface area contributed by atoms with Gasteiger partial charge in [0.15, 0.2) is 0 Å². The zero-order chi connectivity index (χ0) is 16.9. The van der Waals surface area contributed by atoms with Crippen molar-refractivity contribution in [2.24, 2.45) is 0 Å². The highest BCUT2D eigenvalue weighted by molar-refractivity contribution is 5.75. The van der Waals surface area contributed by atoms with Crippen molar-refractivity contribution in [1.82, 2.24) is 10.1 Å². The number of carbonyl (C=O) groups excluding carboxylic acids is 1. The summed E-state index contributed by atoms with van der Waals surface area (Å²) in [6.07, 6.45) is 0.190. The standard InChI is InChI=1S/C18H16N2O4/c1-12-19-18(20-24-12)14-5-9-16(10-6-14)23-17(21)11-13-3-7-15(22-2)8-4-13/h3-10H,11H2,1-2H3. The van der Waals surface area contributed by atoms with E-state index in [0.29, 0.717) is 17.5 Å². The van der Waals surface area contributed by atoms with E-state index in [-0.39, 0.29) is 12.4 Å². The summed E-state index contributed by atoms with van der Waals surface area (Å²) in [6.45, 7) is 1.73. The summed E-state index contributed by atoms with van der Waals surface area (Å²) in [6, 6.07) is 14.2. The number of carbonyl (C=O) groups is 1. The van der Waals surface area contributed by atoms with Gasteiger partial charge in [-0.2, -0.15) is 4.98 Å². The predicted octanol–water partition coefficient (Wildman–Crippen LogP) is 3.20. The molecule has 1 heterocycles. The zero-order valence-electron chi connectivity index (χ0n) is 13.4. The lowest BCUT2D eigenvalue weighted by molar-refractivity contribution is -0.133. The molecule has 3 rings (SSSR count). The highest BCUT2D eigenvalue weighted by Gasteiger charge is 2.09. The molecule has 0 aliphatic rings. The van der Waals surface area contributed by atoms with Gasteiger partial charge < -0.3 is 14.0 Å². The van der Waals surface area contributed by atoms with Gasteiger partial charge >= 0.3 is 5.97 Å². The topological polar surface area (TPSA) is 74.5 Å². The lowest BCUT2D eigenvalue weighted by Crippen LogP contribution is -2.11. The Kier molecular flexibility index (Phi) is 4.56. The van der Waals surface area contributed by atoms with E-state index in [2.05, 4.69) is 10.1 Å². The second-order valence-corrected chi connectivity index (χ2v) is 5.16. The van der Waals surface area contributed by atoms with Crippen LogP contribution in [0, 0.1) is 6.92 Å². The third-order valence-electron chi connectivity index (χ3n) is 3.38. The largest absolute Gasteiger partial charge is 0.497 e. The third kappa shape index (κ3) is 3.78. The van der Waals surface area contributed by atoms with Crippen LogP contribution in [0.2, 0.25) is 0 Å². The number of nitrogens with zero attached hydrogens (tertiary/aromatic N) is 2. The van der Waals surface area contributed by atoms with Crippen molar-refractivity contribution in [3.8, 4) is 22.9 Å². The van der Waals surface area contributed by atoms with E-state index in [1.54, 1.807) is 38.3 Å². The first-order chi connectivity index (χ1) is 11.6. The number of aryl methyl sites for hydroxylation is 1. The minimum absolute atomic E-state index is 0.190. The Labute approximate surface area is 139 Å². The maximum absolute atomic E-state index is 12.0. The van der Waals surface area contributed by atoms with Crippen LogP contribution in [0.4, 0.5) is 0 Å². The van der Waals surface area contributed by atoms with Gasteiger partial charge in [0.2, 0.25) is 11.7 Å². The molecule has 3 aromatic rings. The van der Waals surface area contributed by atoms with Gasteiger partial charge in [-0.3, -0.25) is 4.79 Å². The Morgan fingerprint density at radius 2 is 1.71 bits per heavy atom. The second-order valence-electron chi connectivity index (χ2n) is 5.16. The molecule has 0 bridgehead atoms. The van der Waals surface area contributed by atoms with Crippen LogP contribution in [0.25, 0.3) is 11.4 Å². The highest BCUT2D eigenvalue weighted by Crippen LogP contribution is 2.20. The molecule has 0 saturated heterocycles. The summed E-state index contributed by atoms with van der Waals surface area (Å²) in [5.74, 6) is 1.89. The van der Waals surface area contributed by atoms with Gasteiger partial charge in [-0.1, -0.05) is 17.3 Å². The van der Waals surface area contributed by atoms with E-state index in [9.17, 15) is 4.79 Å². The van der Waals surface area contributed by atoms with E-state index in [4.69, 9.17) is 14.0 Å². The third-order valence-corrected chi connectivity index (χ3v) is 3.38. The fourth-order valence-corrected chi connectivity index (χ4v) is 2.17. The maximum Gasteiger partial charge on any atom is 0.315 e. The highest BCUT2D eigenvalue weighted by atomic mass is 16.5. The summed E-state index contributed by atoms with van der Waals surface area (Å²) in [5.41, 5.74) is 1.65. The first-order valence-corrected chi connectivity index (χ1v) is 7.38. The molecule has 0 aliphatic heterocycles. The molecule has 0 saturated carbocycles. The molecule has 24 heavy (non-hydrogen) atoms. The Balaban J connectivity index is 1.61. The van der Waals surface area contributed by atoms with Crippen molar-refractivity contribution < 1.29 is 18.8 Å². The molecule has 2 aromatic carbocycles. The number of aromatic nitrogens is 2. The Hall–Kier alpha value is -3.15. The summed E-state index contributed by atoms with van der Waals surface area (Å²) >= 11 is 0. The van der Waals surface area contributed by atoms with Crippen LogP contribution >= 0.6 is 0 Å². The second kappa shape index (κ2) is 6.95. The van der Waals surface area contributed by atoms with Gasteiger partial charge in [-0.05, 0) is 42.0 Å².